The van der Waals surface area contributed by atoms with Crippen molar-refractivity contribution in [2.75, 3.05) is 0 Å². The van der Waals surface area contributed by atoms with Crippen molar-refractivity contribution in [3.63, 3.8) is 0 Å². The molecule has 0 fully saturated rings. The van der Waals surface area contributed by atoms with Gasteiger partial charge in [0.05, 0.1) is 32.6 Å². The molecule has 6 rings (SSSR count). The number of carbonyl (C=O) groups is 2. The van der Waals surface area contributed by atoms with E-state index in [1.807, 2.05) is 0 Å². The highest BCUT2D eigenvalue weighted by atomic mass is 79.9. The summed E-state index contributed by atoms with van der Waals surface area (Å²) < 4.78 is 78.0. The summed E-state index contributed by atoms with van der Waals surface area (Å²) in [7, 11) is -1.47. The van der Waals surface area contributed by atoms with Gasteiger partial charge < -0.3 is 21.5 Å². The molecule has 0 radical (unpaired) electrons. The Kier molecular flexibility index (Phi) is 15.5. The summed E-state index contributed by atoms with van der Waals surface area (Å²) in [6, 6.07) is 10.2. The fourth-order valence-corrected chi connectivity index (χ4v) is 5.10. The Labute approximate surface area is 345 Å². The van der Waals surface area contributed by atoms with Crippen LogP contribution in [0.25, 0.3) is 40.5 Å². The van der Waals surface area contributed by atoms with E-state index in [0.29, 0.717) is 33.5 Å². The maximum Gasteiger partial charge on any atom is 0.491 e. The van der Waals surface area contributed by atoms with Crippen molar-refractivity contribution in [2.24, 2.45) is 11.5 Å². The van der Waals surface area contributed by atoms with Gasteiger partial charge in [-0.2, -0.15) is 26.3 Å². The molecule has 0 saturated heterocycles. The molecule has 4 aromatic heterocycles. The van der Waals surface area contributed by atoms with Crippen molar-refractivity contribution >= 4 is 58.1 Å². The van der Waals surface area contributed by atoms with Crippen molar-refractivity contribution in [3.8, 4) is 22.8 Å². The first-order chi connectivity index (χ1) is 28.2. The van der Waals surface area contributed by atoms with Crippen LogP contribution < -0.4 is 16.9 Å². The monoisotopic (exact) mass is 894 g/mol. The first kappa shape index (κ1) is 45.9. The molecule has 0 aliphatic rings. The van der Waals surface area contributed by atoms with E-state index >= 15 is 0 Å². The van der Waals surface area contributed by atoms with Gasteiger partial charge in [-0.3, -0.25) is 9.59 Å². The number of nitrogens with two attached hydrogens (primary N) is 2. The predicted octanol–water partition coefficient (Wildman–Crippen LogP) is 5.14. The highest BCUT2D eigenvalue weighted by molar-refractivity contribution is 9.12. The van der Waals surface area contributed by atoms with Crippen LogP contribution in [0, 0.1) is 13.8 Å². The molecule has 60 heavy (non-hydrogen) atoms. The highest BCUT2D eigenvalue weighted by Crippen LogP contribution is 2.34. The van der Waals surface area contributed by atoms with Gasteiger partial charge in [-0.15, -0.1) is 0 Å². The zero-order chi connectivity index (χ0) is 44.2. The van der Waals surface area contributed by atoms with Gasteiger partial charge >= 0.3 is 19.5 Å². The third kappa shape index (κ3) is 13.7. The molecule has 6 aromatic rings. The Morgan fingerprint density at radius 1 is 0.667 bits per heavy atom. The summed E-state index contributed by atoms with van der Waals surface area (Å²) in [5.74, 6) is -1.18. The molecule has 0 aliphatic heterocycles. The molecule has 0 spiro atoms. The van der Waals surface area contributed by atoms with Gasteiger partial charge in [0.25, 0.3) is 5.91 Å². The summed E-state index contributed by atoms with van der Waals surface area (Å²) in [5.41, 5.74) is 11.7. The number of amides is 2. The number of aromatic nitrogens is 8. The van der Waals surface area contributed by atoms with E-state index in [-0.39, 0.29) is 32.8 Å². The van der Waals surface area contributed by atoms with E-state index in [0.717, 1.165) is 24.3 Å². The molecule has 0 atom stereocenters. The van der Waals surface area contributed by atoms with E-state index in [2.05, 4.69) is 55.8 Å². The lowest BCUT2D eigenvalue weighted by Crippen LogP contribution is -2.30. The van der Waals surface area contributed by atoms with Crippen LogP contribution in [0.15, 0.2) is 103 Å². The minimum Gasteiger partial charge on any atom is -0.423 e. The zero-order valence-corrected chi connectivity index (χ0v) is 32.6. The number of carbonyl (C=O) groups excluding carboxylic acids is 2. The van der Waals surface area contributed by atoms with Crippen molar-refractivity contribution in [1.29, 1.82) is 0 Å². The number of rotatable bonds is 8. The number of benzene rings is 2. The van der Waals surface area contributed by atoms with Crippen LogP contribution in [-0.2, 0) is 21.9 Å². The van der Waals surface area contributed by atoms with E-state index in [9.17, 15) is 35.9 Å². The van der Waals surface area contributed by atoms with E-state index < -0.39 is 42.4 Å². The summed E-state index contributed by atoms with van der Waals surface area (Å²) in [5, 5.41) is 17.0. The van der Waals surface area contributed by atoms with Crippen molar-refractivity contribution in [3.05, 3.63) is 142 Å². The second-order valence-electron chi connectivity index (χ2n) is 12.2. The Bertz CT molecular complexity index is 2510. The van der Waals surface area contributed by atoms with Crippen LogP contribution in [0.1, 0.15) is 39.2 Å². The maximum absolute atomic E-state index is 13.1. The molecule has 0 bridgehead atoms. The second kappa shape index (κ2) is 20.3. The number of primary amides is 2. The van der Waals surface area contributed by atoms with Crippen LogP contribution in [0.4, 0.5) is 26.3 Å². The molecule has 4 heterocycles. The molecule has 2 aromatic carbocycles. The van der Waals surface area contributed by atoms with Crippen molar-refractivity contribution in [1.82, 2.24) is 39.9 Å². The van der Waals surface area contributed by atoms with Gasteiger partial charge in [0.2, 0.25) is 5.91 Å². The molecule has 308 valence electrons. The smallest absolute Gasteiger partial charge is 0.423 e. The SMILES string of the molecule is Cc1cc(-c2nccc(/C=C(/Br)C(N)=O)n2)cc(C(F)(F)F)c1.Cc1cc(-c2nccc(/C=C(\C(N)=O)c3cncnc3)n2)cc(C(F)(F)F)c1.OB(O)c1cncnc1. The van der Waals surface area contributed by atoms with Gasteiger partial charge in [0, 0.05) is 59.3 Å². The minimum atomic E-state index is -4.48. The Hall–Kier alpha value is -6.78. The standard InChI is InChI=1S/C19H14F3N5O.C15H11BrF3N3O.C4H5BN2O2/c1-11-4-12(6-14(5-11)19(20,21)22)18-26-3-2-15(27-18)7-16(17(23)28)13-8-24-10-25-9-13;1-8-4-9(6-10(5-8)15(17,18)19)14-21-3-2-11(22-14)7-12(16)13(20)23;8-5(9)4-1-6-3-7-2-4/h2-10H,1H3,(H2,23,28);2-7H,1H3,(H2,20,23);1-3,8-9H/b16-7-;12-7+;. The van der Waals surface area contributed by atoms with Gasteiger partial charge in [-0.05, 0) is 102 Å². The Morgan fingerprint density at radius 3 is 1.48 bits per heavy atom. The van der Waals surface area contributed by atoms with Crippen LogP contribution >= 0.6 is 15.9 Å². The first-order valence-electron chi connectivity index (χ1n) is 16.8. The van der Waals surface area contributed by atoms with E-state index in [1.165, 1.54) is 74.1 Å². The summed E-state index contributed by atoms with van der Waals surface area (Å²) in [6.07, 6.45) is 4.79. The summed E-state index contributed by atoms with van der Waals surface area (Å²) >= 11 is 2.99. The number of alkyl halides is 6. The number of aryl methyl sites for hydroxylation is 2. The molecule has 0 unspecified atom stereocenters. The number of halogens is 7. The van der Waals surface area contributed by atoms with Crippen molar-refractivity contribution in [2.45, 2.75) is 26.2 Å². The third-order valence-corrected chi connectivity index (χ3v) is 8.12. The topological polar surface area (TPSA) is 230 Å². The molecular weight excluding hydrogens is 865 g/mol. The van der Waals surface area contributed by atoms with E-state index in [4.69, 9.17) is 21.5 Å². The third-order valence-electron chi connectivity index (χ3n) is 7.50. The highest BCUT2D eigenvalue weighted by Gasteiger charge is 2.32. The lowest BCUT2D eigenvalue weighted by Gasteiger charge is -2.10. The largest absolute Gasteiger partial charge is 0.491 e. The molecule has 2 amide bonds. The Balaban J connectivity index is 0.000000222. The molecule has 0 saturated carbocycles. The minimum absolute atomic E-state index is 0.0936. The number of hydrogen-bond acceptors (Lipinski definition) is 12. The normalized spacial score (nSPS) is 11.7. The maximum atomic E-state index is 13.1. The van der Waals surface area contributed by atoms with E-state index in [1.54, 1.807) is 26.0 Å². The predicted molar refractivity (Wildman–Crippen MR) is 211 cm³/mol. The van der Waals surface area contributed by atoms with Crippen LogP contribution in [0.3, 0.4) is 0 Å². The zero-order valence-electron chi connectivity index (χ0n) is 31.1. The van der Waals surface area contributed by atoms with Crippen molar-refractivity contribution < 1.29 is 46.0 Å². The molecule has 14 nitrogen and oxygen atoms in total. The average molecular weight is 895 g/mol. The second-order valence-corrected chi connectivity index (χ2v) is 13.1. The van der Waals surface area contributed by atoms with Gasteiger partial charge in [-0.25, -0.2) is 39.9 Å². The summed E-state index contributed by atoms with van der Waals surface area (Å²) in [4.78, 5) is 54.0. The van der Waals surface area contributed by atoms with Crippen LogP contribution in [0.2, 0.25) is 0 Å². The van der Waals surface area contributed by atoms with Gasteiger partial charge in [0.15, 0.2) is 11.6 Å². The average Bonchev–Trinajstić information content (AvgIpc) is 3.20. The van der Waals surface area contributed by atoms with Crippen LogP contribution in [-0.4, -0.2) is 68.9 Å². The van der Waals surface area contributed by atoms with Gasteiger partial charge in [-0.1, -0.05) is 0 Å². The molecular formula is C38H30BBrF6N10O4. The summed E-state index contributed by atoms with van der Waals surface area (Å²) in [6.45, 7) is 3.12. The van der Waals surface area contributed by atoms with Gasteiger partial charge in [0.1, 0.15) is 12.7 Å². The Morgan fingerprint density at radius 2 is 1.10 bits per heavy atom. The number of hydrogen-bond donors (Lipinski definition) is 4. The fraction of sp³-hybridized carbons (Fsp3) is 0.105. The lowest BCUT2D eigenvalue weighted by molar-refractivity contribution is -0.138. The molecule has 22 heteroatoms. The lowest BCUT2D eigenvalue weighted by atomic mass is 9.83. The van der Waals surface area contributed by atoms with Crippen LogP contribution in [0.5, 0.6) is 0 Å². The quantitative estimate of drug-likeness (QED) is 0.0885. The first-order valence-corrected chi connectivity index (χ1v) is 17.6. The molecule has 6 N–H and O–H groups in total. The fourth-order valence-electron chi connectivity index (χ4n) is 4.86. The molecule has 0 aliphatic carbocycles. The number of nitrogens with zero attached hydrogens (tertiary/aromatic N) is 8.